The van der Waals surface area contributed by atoms with Crippen molar-refractivity contribution in [2.75, 3.05) is 13.1 Å². The molecule has 1 aliphatic rings. The normalized spacial score (nSPS) is 15.6. The Balaban J connectivity index is 1.39. The highest BCUT2D eigenvalue weighted by molar-refractivity contribution is 6.30. The van der Waals surface area contributed by atoms with E-state index in [4.69, 9.17) is 16.3 Å². The summed E-state index contributed by atoms with van der Waals surface area (Å²) < 4.78 is 5.67. The number of carbonyl (C=O) groups excluding carboxylic acids is 2. The number of rotatable bonds is 7. The molecule has 0 aliphatic carbocycles. The minimum Gasteiger partial charge on any atom is -0.481 e. The lowest BCUT2D eigenvalue weighted by atomic mass is 10.0. The van der Waals surface area contributed by atoms with Gasteiger partial charge in [0.05, 0.1) is 0 Å². The van der Waals surface area contributed by atoms with Gasteiger partial charge in [0.15, 0.2) is 6.10 Å². The van der Waals surface area contributed by atoms with Crippen LogP contribution in [-0.2, 0) is 16.0 Å². The SMILES string of the molecule is CC(Oc1ccc(Cl)cc1)C(=O)NC1CCN(C(=O)CCc2ccccc2)CC1. The monoisotopic (exact) mass is 414 g/mol. The molecule has 0 saturated carbocycles. The topological polar surface area (TPSA) is 58.6 Å². The molecule has 1 unspecified atom stereocenters. The molecule has 2 amide bonds. The zero-order chi connectivity index (χ0) is 20.6. The molecule has 0 bridgehead atoms. The molecular weight excluding hydrogens is 388 g/mol. The van der Waals surface area contributed by atoms with E-state index in [9.17, 15) is 9.59 Å². The molecule has 0 radical (unpaired) electrons. The Morgan fingerprint density at radius 3 is 2.41 bits per heavy atom. The number of aryl methyl sites for hydroxylation is 1. The maximum absolute atomic E-state index is 12.4. The largest absolute Gasteiger partial charge is 0.481 e. The fourth-order valence-corrected chi connectivity index (χ4v) is 3.54. The first kappa shape index (κ1) is 21.2. The number of hydrogen-bond donors (Lipinski definition) is 1. The molecule has 1 atom stereocenters. The second-order valence-electron chi connectivity index (χ2n) is 7.36. The maximum Gasteiger partial charge on any atom is 0.260 e. The van der Waals surface area contributed by atoms with Crippen molar-refractivity contribution in [2.45, 2.75) is 44.8 Å². The third-order valence-electron chi connectivity index (χ3n) is 5.16. The van der Waals surface area contributed by atoms with Gasteiger partial charge >= 0.3 is 0 Å². The summed E-state index contributed by atoms with van der Waals surface area (Å²) in [4.78, 5) is 26.8. The van der Waals surface area contributed by atoms with Gasteiger partial charge in [0, 0.05) is 30.6 Å². The van der Waals surface area contributed by atoms with Gasteiger partial charge in [0.25, 0.3) is 5.91 Å². The van der Waals surface area contributed by atoms with Crippen molar-refractivity contribution in [1.82, 2.24) is 10.2 Å². The highest BCUT2D eigenvalue weighted by Gasteiger charge is 2.25. The Morgan fingerprint density at radius 2 is 1.76 bits per heavy atom. The molecule has 1 saturated heterocycles. The number of likely N-dealkylation sites (tertiary alicyclic amines) is 1. The second kappa shape index (κ2) is 10.3. The van der Waals surface area contributed by atoms with E-state index >= 15 is 0 Å². The molecule has 2 aromatic carbocycles. The van der Waals surface area contributed by atoms with E-state index in [0.29, 0.717) is 30.3 Å². The molecule has 0 aromatic heterocycles. The van der Waals surface area contributed by atoms with Crippen molar-refractivity contribution in [3.8, 4) is 5.75 Å². The van der Waals surface area contributed by atoms with Crippen molar-refractivity contribution >= 4 is 23.4 Å². The Hall–Kier alpha value is -2.53. The van der Waals surface area contributed by atoms with Gasteiger partial charge < -0.3 is 15.0 Å². The minimum atomic E-state index is -0.596. The molecule has 2 aromatic rings. The lowest BCUT2D eigenvalue weighted by Gasteiger charge is -2.33. The fraction of sp³-hybridized carbons (Fsp3) is 0.391. The van der Waals surface area contributed by atoms with E-state index in [1.807, 2.05) is 35.2 Å². The lowest BCUT2D eigenvalue weighted by molar-refractivity contribution is -0.132. The summed E-state index contributed by atoms with van der Waals surface area (Å²) in [5.74, 6) is 0.641. The number of benzene rings is 2. The smallest absolute Gasteiger partial charge is 0.260 e. The zero-order valence-electron chi connectivity index (χ0n) is 16.6. The van der Waals surface area contributed by atoms with E-state index < -0.39 is 6.10 Å². The first-order valence-electron chi connectivity index (χ1n) is 10.1. The maximum atomic E-state index is 12.4. The van der Waals surface area contributed by atoms with Crippen LogP contribution in [0.1, 0.15) is 31.7 Å². The first-order chi connectivity index (χ1) is 14.0. The quantitative estimate of drug-likeness (QED) is 0.748. The molecule has 1 N–H and O–H groups in total. The predicted octanol–water partition coefficient (Wildman–Crippen LogP) is 3.85. The summed E-state index contributed by atoms with van der Waals surface area (Å²) in [5.41, 5.74) is 1.18. The van der Waals surface area contributed by atoms with Crippen LogP contribution in [0.25, 0.3) is 0 Å². The summed E-state index contributed by atoms with van der Waals surface area (Å²) in [7, 11) is 0. The number of carbonyl (C=O) groups is 2. The standard InChI is InChI=1S/C23H27ClN2O3/c1-17(29-21-10-8-19(24)9-11-21)23(28)25-20-13-15-26(16-14-20)22(27)12-7-18-5-3-2-4-6-18/h2-6,8-11,17,20H,7,12-16H2,1H3,(H,25,28). The molecule has 5 nitrogen and oxygen atoms in total. The molecule has 154 valence electrons. The van der Waals surface area contributed by atoms with Crippen LogP contribution in [0, 0.1) is 0 Å². The van der Waals surface area contributed by atoms with Crippen LogP contribution < -0.4 is 10.1 Å². The third kappa shape index (κ3) is 6.50. The van der Waals surface area contributed by atoms with Gasteiger partial charge in [-0.3, -0.25) is 9.59 Å². The van der Waals surface area contributed by atoms with Crippen molar-refractivity contribution in [3.05, 3.63) is 65.2 Å². The summed E-state index contributed by atoms with van der Waals surface area (Å²) >= 11 is 5.86. The number of amides is 2. The number of nitrogens with zero attached hydrogens (tertiary/aromatic N) is 1. The Labute approximate surface area is 177 Å². The van der Waals surface area contributed by atoms with Gasteiger partial charge in [-0.1, -0.05) is 41.9 Å². The fourth-order valence-electron chi connectivity index (χ4n) is 3.42. The van der Waals surface area contributed by atoms with Crippen LogP contribution in [-0.4, -0.2) is 41.9 Å². The van der Waals surface area contributed by atoms with Crippen LogP contribution in [0.4, 0.5) is 0 Å². The molecule has 1 fully saturated rings. The Bertz CT molecular complexity index is 803. The molecule has 1 aliphatic heterocycles. The molecule has 0 spiro atoms. The van der Waals surface area contributed by atoms with Crippen molar-refractivity contribution in [3.63, 3.8) is 0 Å². The van der Waals surface area contributed by atoms with Crippen LogP contribution in [0.3, 0.4) is 0 Å². The van der Waals surface area contributed by atoms with Crippen LogP contribution in [0.2, 0.25) is 5.02 Å². The van der Waals surface area contributed by atoms with E-state index in [2.05, 4.69) is 5.32 Å². The molecule has 3 rings (SSSR count). The molecular formula is C23H27ClN2O3. The van der Waals surface area contributed by atoms with Gasteiger partial charge in [-0.15, -0.1) is 0 Å². The average Bonchev–Trinajstić information content (AvgIpc) is 2.75. The van der Waals surface area contributed by atoms with E-state index in [1.165, 1.54) is 5.56 Å². The first-order valence-corrected chi connectivity index (χ1v) is 10.4. The Morgan fingerprint density at radius 1 is 1.10 bits per heavy atom. The predicted molar refractivity (Wildman–Crippen MR) is 114 cm³/mol. The average molecular weight is 415 g/mol. The molecule has 29 heavy (non-hydrogen) atoms. The number of ether oxygens (including phenoxy) is 1. The van der Waals surface area contributed by atoms with Gasteiger partial charge in [0.1, 0.15) is 5.75 Å². The van der Waals surface area contributed by atoms with E-state index in [0.717, 1.165) is 19.3 Å². The van der Waals surface area contributed by atoms with Crippen LogP contribution >= 0.6 is 11.6 Å². The highest BCUT2D eigenvalue weighted by Crippen LogP contribution is 2.17. The summed E-state index contributed by atoms with van der Waals surface area (Å²) in [5, 5.41) is 3.66. The number of hydrogen-bond acceptors (Lipinski definition) is 3. The van der Waals surface area contributed by atoms with Gasteiger partial charge in [0.2, 0.25) is 5.91 Å². The van der Waals surface area contributed by atoms with Gasteiger partial charge in [-0.25, -0.2) is 0 Å². The van der Waals surface area contributed by atoms with Crippen molar-refractivity contribution in [1.29, 1.82) is 0 Å². The zero-order valence-corrected chi connectivity index (χ0v) is 17.4. The third-order valence-corrected chi connectivity index (χ3v) is 5.41. The second-order valence-corrected chi connectivity index (χ2v) is 7.80. The van der Waals surface area contributed by atoms with Crippen molar-refractivity contribution in [2.24, 2.45) is 0 Å². The van der Waals surface area contributed by atoms with Gasteiger partial charge in [-0.05, 0) is 56.0 Å². The summed E-state index contributed by atoms with van der Waals surface area (Å²) in [6.45, 7) is 3.07. The number of piperidine rings is 1. The van der Waals surface area contributed by atoms with Gasteiger partial charge in [-0.2, -0.15) is 0 Å². The van der Waals surface area contributed by atoms with E-state index in [1.54, 1.807) is 31.2 Å². The highest BCUT2D eigenvalue weighted by atomic mass is 35.5. The number of halogens is 1. The summed E-state index contributed by atoms with van der Waals surface area (Å²) in [6.07, 6.45) is 2.21. The van der Waals surface area contributed by atoms with Crippen LogP contribution in [0.5, 0.6) is 5.75 Å². The minimum absolute atomic E-state index is 0.0666. The van der Waals surface area contributed by atoms with Crippen molar-refractivity contribution < 1.29 is 14.3 Å². The summed E-state index contributed by atoms with van der Waals surface area (Å²) in [6, 6.07) is 17.1. The molecule has 1 heterocycles. The van der Waals surface area contributed by atoms with E-state index in [-0.39, 0.29) is 17.9 Å². The Kier molecular flexibility index (Phi) is 7.53. The molecule has 6 heteroatoms. The van der Waals surface area contributed by atoms with Crippen LogP contribution in [0.15, 0.2) is 54.6 Å². The lowest BCUT2D eigenvalue weighted by Crippen LogP contribution is -2.49. The number of nitrogens with one attached hydrogen (secondary N) is 1.